The number of rotatable bonds is 4. The monoisotopic (exact) mass is 289 g/mol. The topological polar surface area (TPSA) is 63.2 Å². The number of amides is 1. The van der Waals surface area contributed by atoms with Gasteiger partial charge in [0.25, 0.3) is 0 Å². The minimum absolute atomic E-state index is 0.152. The van der Waals surface area contributed by atoms with Crippen molar-refractivity contribution in [3.63, 3.8) is 0 Å². The highest BCUT2D eigenvalue weighted by Crippen LogP contribution is 2.12. The van der Waals surface area contributed by atoms with Gasteiger partial charge in [-0.3, -0.25) is 4.79 Å². The van der Waals surface area contributed by atoms with Gasteiger partial charge in [-0.2, -0.15) is 0 Å². The van der Waals surface area contributed by atoms with E-state index in [1.54, 1.807) is 36.4 Å². The number of benzene rings is 2. The van der Waals surface area contributed by atoms with Crippen molar-refractivity contribution in [3.05, 3.63) is 60.2 Å². The number of carbonyl (C=O) groups is 1. The minimum atomic E-state index is -3.60. The molecule has 4 nitrogen and oxygen atoms in total. The van der Waals surface area contributed by atoms with E-state index in [-0.39, 0.29) is 4.90 Å². The molecule has 0 fully saturated rings. The van der Waals surface area contributed by atoms with E-state index in [4.69, 9.17) is 0 Å². The second kappa shape index (κ2) is 5.88. The maximum Gasteiger partial charge on any atom is 0.239 e. The molecule has 0 aliphatic carbocycles. The number of anilines is 1. The molecular weight excluding hydrogens is 274 g/mol. The van der Waals surface area contributed by atoms with Crippen molar-refractivity contribution in [3.8, 4) is 0 Å². The van der Waals surface area contributed by atoms with Gasteiger partial charge in [-0.15, -0.1) is 0 Å². The summed E-state index contributed by atoms with van der Waals surface area (Å²) in [6.07, 6.45) is 0. The predicted octanol–water partition coefficient (Wildman–Crippen LogP) is 2.41. The van der Waals surface area contributed by atoms with Gasteiger partial charge in [0.2, 0.25) is 5.91 Å². The Balaban J connectivity index is 2.09. The van der Waals surface area contributed by atoms with Crippen LogP contribution >= 0.6 is 0 Å². The van der Waals surface area contributed by atoms with Crippen molar-refractivity contribution in [2.45, 2.75) is 11.8 Å². The van der Waals surface area contributed by atoms with Gasteiger partial charge >= 0.3 is 0 Å². The zero-order chi connectivity index (χ0) is 14.6. The summed E-state index contributed by atoms with van der Waals surface area (Å²) < 4.78 is 24.1. The zero-order valence-electron chi connectivity index (χ0n) is 11.0. The largest absolute Gasteiger partial charge is 0.325 e. The molecule has 5 heteroatoms. The van der Waals surface area contributed by atoms with Crippen LogP contribution in [0.2, 0.25) is 0 Å². The molecule has 0 aromatic heterocycles. The SMILES string of the molecule is Cc1cccc(NC(=O)CS(=O)(=O)c2ccccc2)c1. The van der Waals surface area contributed by atoms with E-state index >= 15 is 0 Å². The molecule has 20 heavy (non-hydrogen) atoms. The van der Waals surface area contributed by atoms with E-state index in [2.05, 4.69) is 5.32 Å². The van der Waals surface area contributed by atoms with Crippen molar-refractivity contribution >= 4 is 21.4 Å². The van der Waals surface area contributed by atoms with Crippen LogP contribution in [0, 0.1) is 6.92 Å². The van der Waals surface area contributed by atoms with Gasteiger partial charge < -0.3 is 5.32 Å². The Morgan fingerprint density at radius 3 is 2.40 bits per heavy atom. The molecule has 0 radical (unpaired) electrons. The normalized spacial score (nSPS) is 11.1. The van der Waals surface area contributed by atoms with Crippen LogP contribution in [0.4, 0.5) is 5.69 Å². The molecule has 0 atom stereocenters. The molecular formula is C15H15NO3S. The van der Waals surface area contributed by atoms with E-state index in [0.29, 0.717) is 5.69 Å². The number of aryl methyl sites for hydroxylation is 1. The van der Waals surface area contributed by atoms with Crippen LogP contribution < -0.4 is 5.32 Å². The highest BCUT2D eigenvalue weighted by Gasteiger charge is 2.18. The first-order chi connectivity index (χ1) is 9.47. The molecule has 2 rings (SSSR count). The van der Waals surface area contributed by atoms with Crippen molar-refractivity contribution in [2.24, 2.45) is 0 Å². The van der Waals surface area contributed by atoms with Crippen molar-refractivity contribution < 1.29 is 13.2 Å². The summed E-state index contributed by atoms with van der Waals surface area (Å²) in [5, 5.41) is 2.59. The van der Waals surface area contributed by atoms with Gasteiger partial charge in [0.1, 0.15) is 5.75 Å². The Hall–Kier alpha value is -2.14. The fourth-order valence-electron chi connectivity index (χ4n) is 1.80. The quantitative estimate of drug-likeness (QED) is 0.940. The second-order valence-electron chi connectivity index (χ2n) is 4.49. The lowest BCUT2D eigenvalue weighted by molar-refractivity contribution is -0.113. The average Bonchev–Trinajstić information content (AvgIpc) is 2.39. The Bertz CT molecular complexity index is 709. The number of nitrogens with one attached hydrogen (secondary N) is 1. The van der Waals surface area contributed by atoms with Crippen molar-refractivity contribution in [2.75, 3.05) is 11.1 Å². The van der Waals surface area contributed by atoms with E-state index in [9.17, 15) is 13.2 Å². The van der Waals surface area contributed by atoms with Gasteiger partial charge in [0.15, 0.2) is 9.84 Å². The fraction of sp³-hybridized carbons (Fsp3) is 0.133. The van der Waals surface area contributed by atoms with E-state index in [1.807, 2.05) is 13.0 Å². The van der Waals surface area contributed by atoms with Crippen molar-refractivity contribution in [1.82, 2.24) is 0 Å². The van der Waals surface area contributed by atoms with E-state index in [1.165, 1.54) is 12.1 Å². The summed E-state index contributed by atoms with van der Waals surface area (Å²) >= 11 is 0. The molecule has 0 bridgehead atoms. The molecule has 0 unspecified atom stereocenters. The predicted molar refractivity (Wildman–Crippen MR) is 78.3 cm³/mol. The lowest BCUT2D eigenvalue weighted by atomic mass is 10.2. The Morgan fingerprint density at radius 2 is 1.75 bits per heavy atom. The second-order valence-corrected chi connectivity index (χ2v) is 6.48. The molecule has 0 saturated carbocycles. The third-order valence-electron chi connectivity index (χ3n) is 2.73. The van der Waals surface area contributed by atoms with Crippen LogP contribution in [0.1, 0.15) is 5.56 Å². The van der Waals surface area contributed by atoms with Crippen molar-refractivity contribution in [1.29, 1.82) is 0 Å². The maximum absolute atomic E-state index is 12.0. The highest BCUT2D eigenvalue weighted by atomic mass is 32.2. The summed E-state index contributed by atoms with van der Waals surface area (Å²) in [5.74, 6) is -1.11. The third-order valence-corrected chi connectivity index (χ3v) is 4.36. The molecule has 2 aromatic carbocycles. The minimum Gasteiger partial charge on any atom is -0.325 e. The molecule has 0 spiro atoms. The van der Waals surface area contributed by atoms with Crippen LogP contribution in [0.15, 0.2) is 59.5 Å². The molecule has 0 saturated heterocycles. The van der Waals surface area contributed by atoms with Gasteiger partial charge in [0, 0.05) is 5.69 Å². The number of sulfone groups is 1. The molecule has 1 N–H and O–H groups in total. The lowest BCUT2D eigenvalue weighted by Crippen LogP contribution is -2.23. The van der Waals surface area contributed by atoms with Crippen LogP contribution in [-0.4, -0.2) is 20.1 Å². The summed E-state index contributed by atoms with van der Waals surface area (Å²) in [6, 6.07) is 15.2. The van der Waals surface area contributed by atoms with Gasteiger partial charge in [-0.25, -0.2) is 8.42 Å². The number of hydrogen-bond acceptors (Lipinski definition) is 3. The van der Waals surface area contributed by atoms with Crippen LogP contribution in [0.3, 0.4) is 0 Å². The Labute approximate surface area is 118 Å². The zero-order valence-corrected chi connectivity index (χ0v) is 11.9. The molecule has 0 aliphatic heterocycles. The van der Waals surface area contributed by atoms with Crippen LogP contribution in [0.5, 0.6) is 0 Å². The highest BCUT2D eigenvalue weighted by molar-refractivity contribution is 7.92. The van der Waals surface area contributed by atoms with Crippen LogP contribution in [0.25, 0.3) is 0 Å². The number of carbonyl (C=O) groups excluding carboxylic acids is 1. The fourth-order valence-corrected chi connectivity index (χ4v) is 2.96. The summed E-state index contributed by atoms with van der Waals surface area (Å²) in [4.78, 5) is 12.0. The van der Waals surface area contributed by atoms with Crippen LogP contribution in [-0.2, 0) is 14.6 Å². The third kappa shape index (κ3) is 3.68. The molecule has 0 aliphatic rings. The summed E-state index contributed by atoms with van der Waals surface area (Å²) in [5.41, 5.74) is 1.59. The van der Waals surface area contributed by atoms with E-state index < -0.39 is 21.5 Å². The average molecular weight is 289 g/mol. The molecule has 104 valence electrons. The van der Waals surface area contributed by atoms with Gasteiger partial charge in [-0.05, 0) is 36.8 Å². The summed E-state index contributed by atoms with van der Waals surface area (Å²) in [6.45, 7) is 1.90. The lowest BCUT2D eigenvalue weighted by Gasteiger charge is -2.07. The standard InChI is InChI=1S/C15H15NO3S/c1-12-6-5-7-13(10-12)16-15(17)11-20(18,19)14-8-3-2-4-9-14/h2-10H,11H2,1H3,(H,16,17). The summed E-state index contributed by atoms with van der Waals surface area (Å²) in [7, 11) is -3.60. The molecule has 0 heterocycles. The maximum atomic E-state index is 12.0. The first-order valence-corrected chi connectivity index (χ1v) is 7.77. The van der Waals surface area contributed by atoms with E-state index in [0.717, 1.165) is 5.56 Å². The Kier molecular flexibility index (Phi) is 4.20. The smallest absolute Gasteiger partial charge is 0.239 e. The first-order valence-electron chi connectivity index (χ1n) is 6.12. The first kappa shape index (κ1) is 14.3. The van der Waals surface area contributed by atoms with Gasteiger partial charge in [0.05, 0.1) is 4.90 Å². The Morgan fingerprint density at radius 1 is 1.05 bits per heavy atom. The number of hydrogen-bond donors (Lipinski definition) is 1. The molecule has 1 amide bonds. The molecule has 2 aromatic rings. The van der Waals surface area contributed by atoms with Gasteiger partial charge in [-0.1, -0.05) is 30.3 Å².